The lowest BCUT2D eigenvalue weighted by Crippen LogP contribution is -2.19. The van der Waals surface area contributed by atoms with Crippen LogP contribution in [0, 0.1) is 0 Å². The van der Waals surface area contributed by atoms with Gasteiger partial charge < -0.3 is 14.2 Å². The van der Waals surface area contributed by atoms with Crippen molar-refractivity contribution < 1.29 is 4.74 Å². The lowest BCUT2D eigenvalue weighted by molar-refractivity contribution is 0.383. The normalized spacial score (nSPS) is 13.2. The van der Waals surface area contributed by atoms with Gasteiger partial charge in [0.05, 0.1) is 18.0 Å². The number of aromatic nitrogens is 2. The summed E-state index contributed by atoms with van der Waals surface area (Å²) in [7, 11) is 5.78. The van der Waals surface area contributed by atoms with Crippen molar-refractivity contribution in [1.29, 1.82) is 0 Å². The van der Waals surface area contributed by atoms with Crippen LogP contribution in [-0.4, -0.2) is 42.2 Å². The van der Waals surface area contributed by atoms with Crippen LogP contribution in [0.4, 0.5) is 0 Å². The maximum Gasteiger partial charge on any atom is 0.146 e. The molecule has 5 heteroatoms. The van der Waals surface area contributed by atoms with Gasteiger partial charge in [0.2, 0.25) is 0 Å². The molecule has 0 spiro atoms. The number of halogens is 1. The Morgan fingerprint density at radius 3 is 2.74 bits per heavy atom. The van der Waals surface area contributed by atoms with Crippen LogP contribution in [0.5, 0.6) is 5.75 Å². The quantitative estimate of drug-likeness (QED) is 0.790. The van der Waals surface area contributed by atoms with E-state index in [1.165, 1.54) is 0 Å². The van der Waals surface area contributed by atoms with E-state index in [0.717, 1.165) is 35.7 Å². The predicted octanol–water partition coefficient (Wildman–Crippen LogP) is 2.91. The lowest BCUT2D eigenvalue weighted by Gasteiger charge is -2.14. The van der Waals surface area contributed by atoms with Gasteiger partial charge in [0.15, 0.2) is 0 Å². The molecule has 0 bridgehead atoms. The van der Waals surface area contributed by atoms with Gasteiger partial charge >= 0.3 is 0 Å². The number of benzene rings is 1. The maximum absolute atomic E-state index is 6.25. The van der Waals surface area contributed by atoms with Crippen molar-refractivity contribution in [2.75, 3.05) is 27.7 Å². The van der Waals surface area contributed by atoms with Crippen LogP contribution < -0.4 is 4.74 Å². The Kier molecular flexibility index (Phi) is 4.32. The second kappa shape index (κ2) is 5.80. The monoisotopic (exact) mass is 281 g/mol. The zero-order valence-electron chi connectivity index (χ0n) is 11.9. The molecule has 19 heavy (non-hydrogen) atoms. The molecule has 2 aromatic rings. The van der Waals surface area contributed by atoms with Crippen molar-refractivity contribution in [2.24, 2.45) is 0 Å². The molecule has 0 N–H and O–H groups in total. The van der Waals surface area contributed by atoms with Gasteiger partial charge in [0.1, 0.15) is 17.1 Å². The summed E-state index contributed by atoms with van der Waals surface area (Å²) in [6.07, 6.45) is 0. The molecular formula is C14H20ClN3O. The van der Waals surface area contributed by atoms with Crippen LogP contribution in [-0.2, 0) is 6.54 Å². The van der Waals surface area contributed by atoms with Gasteiger partial charge in [0, 0.05) is 13.1 Å². The van der Waals surface area contributed by atoms with E-state index in [0.29, 0.717) is 0 Å². The molecule has 1 aromatic heterocycles. The summed E-state index contributed by atoms with van der Waals surface area (Å²) < 4.78 is 7.55. The van der Waals surface area contributed by atoms with E-state index in [1.54, 1.807) is 7.11 Å². The molecule has 0 aliphatic heterocycles. The topological polar surface area (TPSA) is 30.3 Å². The van der Waals surface area contributed by atoms with Crippen molar-refractivity contribution in [2.45, 2.75) is 18.8 Å². The Morgan fingerprint density at radius 2 is 2.16 bits per heavy atom. The molecule has 0 amide bonds. The van der Waals surface area contributed by atoms with Gasteiger partial charge in [0.25, 0.3) is 0 Å². The lowest BCUT2D eigenvalue weighted by atomic mass is 10.3. The SMILES string of the molecule is COc1cccc2c1nc(C(C)Cl)n2CCN(C)C. The second-order valence-corrected chi connectivity index (χ2v) is 5.52. The van der Waals surface area contributed by atoms with Gasteiger partial charge in [-0.3, -0.25) is 0 Å². The first-order valence-corrected chi connectivity index (χ1v) is 6.80. The Hall–Kier alpha value is -1.26. The Labute approximate surface area is 118 Å². The molecule has 0 aliphatic rings. The number of nitrogens with zero attached hydrogens (tertiary/aromatic N) is 3. The molecule has 1 aromatic carbocycles. The number of hydrogen-bond acceptors (Lipinski definition) is 3. The van der Waals surface area contributed by atoms with Crippen molar-refractivity contribution in [3.05, 3.63) is 24.0 Å². The first-order valence-electron chi connectivity index (χ1n) is 6.36. The smallest absolute Gasteiger partial charge is 0.146 e. The maximum atomic E-state index is 6.25. The molecule has 104 valence electrons. The van der Waals surface area contributed by atoms with Gasteiger partial charge in [-0.15, -0.1) is 11.6 Å². The average molecular weight is 282 g/mol. The molecule has 0 saturated carbocycles. The number of imidazole rings is 1. The minimum Gasteiger partial charge on any atom is -0.494 e. The number of rotatable bonds is 5. The van der Waals surface area contributed by atoms with E-state index < -0.39 is 0 Å². The van der Waals surface area contributed by atoms with Crippen LogP contribution in [0.15, 0.2) is 18.2 Å². The molecule has 1 heterocycles. The molecule has 0 radical (unpaired) electrons. The number of alkyl halides is 1. The largest absolute Gasteiger partial charge is 0.494 e. The summed E-state index contributed by atoms with van der Waals surface area (Å²) >= 11 is 6.25. The molecule has 1 atom stereocenters. The second-order valence-electron chi connectivity index (χ2n) is 4.87. The highest BCUT2D eigenvalue weighted by molar-refractivity contribution is 6.20. The fourth-order valence-corrected chi connectivity index (χ4v) is 2.31. The van der Waals surface area contributed by atoms with Gasteiger partial charge in [-0.2, -0.15) is 0 Å². The van der Waals surface area contributed by atoms with Crippen molar-refractivity contribution in [3.63, 3.8) is 0 Å². The molecular weight excluding hydrogens is 262 g/mol. The Morgan fingerprint density at radius 1 is 1.42 bits per heavy atom. The third kappa shape index (κ3) is 2.85. The third-order valence-corrected chi connectivity index (χ3v) is 3.31. The molecule has 0 aliphatic carbocycles. The Bertz CT molecular complexity index is 563. The number of fused-ring (bicyclic) bond motifs is 1. The number of para-hydroxylation sites is 1. The predicted molar refractivity (Wildman–Crippen MR) is 79.1 cm³/mol. The minimum atomic E-state index is -0.126. The fraction of sp³-hybridized carbons (Fsp3) is 0.500. The number of ether oxygens (including phenoxy) is 1. The van der Waals surface area contributed by atoms with E-state index in [-0.39, 0.29) is 5.38 Å². The fourth-order valence-electron chi connectivity index (χ4n) is 2.14. The van der Waals surface area contributed by atoms with Crippen LogP contribution >= 0.6 is 11.6 Å². The van der Waals surface area contributed by atoms with E-state index in [1.807, 2.05) is 19.1 Å². The highest BCUT2D eigenvalue weighted by atomic mass is 35.5. The molecule has 0 fully saturated rings. The zero-order chi connectivity index (χ0) is 14.0. The van der Waals surface area contributed by atoms with Gasteiger partial charge in [-0.05, 0) is 33.2 Å². The van der Waals surface area contributed by atoms with E-state index in [2.05, 4.69) is 34.6 Å². The highest BCUT2D eigenvalue weighted by Gasteiger charge is 2.17. The molecule has 2 rings (SSSR count). The summed E-state index contributed by atoms with van der Waals surface area (Å²) in [5.74, 6) is 1.68. The molecule has 0 saturated heterocycles. The van der Waals surface area contributed by atoms with Crippen LogP contribution in [0.25, 0.3) is 11.0 Å². The summed E-state index contributed by atoms with van der Waals surface area (Å²) in [5.41, 5.74) is 1.95. The van der Waals surface area contributed by atoms with Gasteiger partial charge in [-0.1, -0.05) is 6.07 Å². The number of hydrogen-bond donors (Lipinski definition) is 0. The summed E-state index contributed by atoms with van der Waals surface area (Å²) in [4.78, 5) is 6.80. The molecule has 1 unspecified atom stereocenters. The van der Waals surface area contributed by atoms with Crippen LogP contribution in [0.2, 0.25) is 0 Å². The average Bonchev–Trinajstić information content (AvgIpc) is 2.74. The Balaban J connectivity index is 2.54. The van der Waals surface area contributed by atoms with E-state index in [9.17, 15) is 0 Å². The number of likely N-dealkylation sites (N-methyl/N-ethyl adjacent to an activating group) is 1. The van der Waals surface area contributed by atoms with Crippen molar-refractivity contribution in [1.82, 2.24) is 14.5 Å². The first-order chi connectivity index (χ1) is 9.04. The highest BCUT2D eigenvalue weighted by Crippen LogP contribution is 2.29. The third-order valence-electron chi connectivity index (χ3n) is 3.12. The summed E-state index contributed by atoms with van der Waals surface area (Å²) in [6.45, 7) is 3.75. The first kappa shape index (κ1) is 14.2. The standard InChI is InChI=1S/C14H20ClN3O/c1-10(15)14-16-13-11(6-5-7-12(13)19-4)18(14)9-8-17(2)3/h5-7,10H,8-9H2,1-4H3. The van der Waals surface area contributed by atoms with E-state index >= 15 is 0 Å². The zero-order valence-corrected chi connectivity index (χ0v) is 12.6. The van der Waals surface area contributed by atoms with Crippen LogP contribution in [0.1, 0.15) is 18.1 Å². The van der Waals surface area contributed by atoms with Crippen molar-refractivity contribution in [3.8, 4) is 5.75 Å². The summed E-state index contributed by atoms with van der Waals surface area (Å²) in [5, 5.41) is -0.126. The molecule has 4 nitrogen and oxygen atoms in total. The van der Waals surface area contributed by atoms with Crippen LogP contribution in [0.3, 0.4) is 0 Å². The minimum absolute atomic E-state index is 0.126. The summed E-state index contributed by atoms with van der Waals surface area (Å²) in [6, 6.07) is 5.97. The van der Waals surface area contributed by atoms with Gasteiger partial charge in [-0.25, -0.2) is 4.98 Å². The number of methoxy groups -OCH3 is 1. The van der Waals surface area contributed by atoms with Crippen molar-refractivity contribution >= 4 is 22.6 Å². The van der Waals surface area contributed by atoms with E-state index in [4.69, 9.17) is 16.3 Å².